The van der Waals surface area contributed by atoms with Crippen LogP contribution >= 0.6 is 0 Å². The van der Waals surface area contributed by atoms with Crippen molar-refractivity contribution >= 4 is 5.69 Å². The Morgan fingerprint density at radius 2 is 1.08 bits per heavy atom. The maximum Gasteiger partial charge on any atom is 0.146 e. The van der Waals surface area contributed by atoms with Crippen LogP contribution < -0.4 is 4.48 Å². The molecule has 1 aliphatic carbocycles. The number of nitrogens with zero attached hydrogens (tertiary/aromatic N) is 1. The van der Waals surface area contributed by atoms with Crippen LogP contribution in [0.15, 0.2) is 78.9 Å². The zero-order valence-electron chi connectivity index (χ0n) is 14.4. The molecule has 0 heterocycles. The number of fused-ring (bicyclic) bond motifs is 3. The Kier molecular flexibility index (Phi) is 3.74. The van der Waals surface area contributed by atoms with E-state index < -0.39 is 0 Å². The number of hydrogen-bond donors (Lipinski definition) is 0. The first-order chi connectivity index (χ1) is 11.8. The molecule has 3 aromatic carbocycles. The summed E-state index contributed by atoms with van der Waals surface area (Å²) in [6.07, 6.45) is 0. The third-order valence-corrected chi connectivity index (χ3v) is 5.69. The van der Waals surface area contributed by atoms with Gasteiger partial charge in [0, 0.05) is 11.1 Å². The second-order valence-corrected chi connectivity index (χ2v) is 6.58. The summed E-state index contributed by atoms with van der Waals surface area (Å²) in [4.78, 5) is 0. The van der Waals surface area contributed by atoms with Gasteiger partial charge in [0.05, 0.1) is 13.1 Å². The maximum absolute atomic E-state index is 2.32. The van der Waals surface area contributed by atoms with Crippen molar-refractivity contribution in [2.24, 2.45) is 0 Å². The molecule has 0 amide bonds. The van der Waals surface area contributed by atoms with Gasteiger partial charge in [-0.3, -0.25) is 4.48 Å². The minimum atomic E-state index is 0.370. The molecular formula is C23H24N+. The third-order valence-electron chi connectivity index (χ3n) is 5.69. The van der Waals surface area contributed by atoms with E-state index in [9.17, 15) is 0 Å². The number of para-hydroxylation sites is 1. The molecule has 0 aromatic heterocycles. The fraction of sp³-hybridized carbons (Fsp3) is 0.217. The second-order valence-electron chi connectivity index (χ2n) is 6.58. The molecule has 0 spiro atoms. The lowest BCUT2D eigenvalue weighted by molar-refractivity contribution is 0.253. The van der Waals surface area contributed by atoms with Gasteiger partial charge in [-0.1, -0.05) is 66.7 Å². The van der Waals surface area contributed by atoms with Crippen molar-refractivity contribution in [2.75, 3.05) is 13.1 Å². The van der Waals surface area contributed by atoms with Crippen molar-refractivity contribution in [3.8, 4) is 11.1 Å². The highest BCUT2D eigenvalue weighted by Crippen LogP contribution is 2.50. The lowest BCUT2D eigenvalue weighted by Gasteiger charge is -2.42. The third kappa shape index (κ3) is 2.05. The largest absolute Gasteiger partial charge is 0.282 e. The van der Waals surface area contributed by atoms with Crippen molar-refractivity contribution < 1.29 is 0 Å². The summed E-state index contributed by atoms with van der Waals surface area (Å²) in [7, 11) is 0. The summed E-state index contributed by atoms with van der Waals surface area (Å²) in [6, 6.07) is 29.3. The quantitative estimate of drug-likeness (QED) is 0.534. The second kappa shape index (κ2) is 5.92. The molecule has 0 atom stereocenters. The summed E-state index contributed by atoms with van der Waals surface area (Å²) in [5.41, 5.74) is 7.13. The molecule has 0 saturated heterocycles. The van der Waals surface area contributed by atoms with Gasteiger partial charge < -0.3 is 0 Å². The molecule has 0 N–H and O–H groups in total. The van der Waals surface area contributed by atoms with Crippen molar-refractivity contribution in [1.82, 2.24) is 4.48 Å². The van der Waals surface area contributed by atoms with E-state index in [2.05, 4.69) is 92.7 Å². The van der Waals surface area contributed by atoms with Crippen LogP contribution in [0.2, 0.25) is 0 Å². The van der Waals surface area contributed by atoms with Crippen LogP contribution in [-0.2, 0) is 0 Å². The number of hydrogen-bond acceptors (Lipinski definition) is 0. The molecule has 1 aliphatic rings. The molecule has 4 rings (SSSR count). The van der Waals surface area contributed by atoms with E-state index in [1.54, 1.807) is 0 Å². The first-order valence-electron chi connectivity index (χ1n) is 8.92. The van der Waals surface area contributed by atoms with Gasteiger partial charge in [0.2, 0.25) is 0 Å². The molecule has 1 nitrogen and oxygen atoms in total. The molecule has 0 saturated carbocycles. The molecular weight excluding hydrogens is 290 g/mol. The Hall–Kier alpha value is -2.38. The average Bonchev–Trinajstić information content (AvgIpc) is 3.00. The van der Waals surface area contributed by atoms with E-state index in [4.69, 9.17) is 0 Å². The Balaban J connectivity index is 2.00. The summed E-state index contributed by atoms with van der Waals surface area (Å²) in [5, 5.41) is 0. The lowest BCUT2D eigenvalue weighted by atomic mass is 9.98. The summed E-state index contributed by atoms with van der Waals surface area (Å²) < 4.78 is 0.967. The Morgan fingerprint density at radius 3 is 1.58 bits per heavy atom. The van der Waals surface area contributed by atoms with Gasteiger partial charge in [-0.05, 0) is 37.1 Å². The number of rotatable bonds is 4. The molecule has 0 bridgehead atoms. The molecule has 120 valence electrons. The summed E-state index contributed by atoms with van der Waals surface area (Å²) in [5.74, 6) is 0. The SMILES string of the molecule is CC[N+](CC)(c1ccccc1)C1c2ccccc2-c2ccccc21. The highest BCUT2D eigenvalue weighted by atomic mass is 15.4. The predicted octanol–water partition coefficient (Wildman–Crippen LogP) is 5.80. The lowest BCUT2D eigenvalue weighted by Crippen LogP contribution is -2.51. The standard InChI is InChI=1S/C23H24N/c1-3-24(4-2,18-12-6-5-7-13-18)23-21-16-10-8-14-19(21)20-15-9-11-17-22(20)23/h5-17,23H,3-4H2,1-2H3/q+1. The smallest absolute Gasteiger partial charge is 0.146 e. The van der Waals surface area contributed by atoms with E-state index in [0.717, 1.165) is 17.6 Å². The van der Waals surface area contributed by atoms with Crippen LogP contribution in [0, 0.1) is 0 Å². The molecule has 0 unspecified atom stereocenters. The molecule has 0 radical (unpaired) electrons. The van der Waals surface area contributed by atoms with Crippen molar-refractivity contribution in [2.45, 2.75) is 19.9 Å². The summed E-state index contributed by atoms with van der Waals surface area (Å²) in [6.45, 7) is 6.79. The molecule has 1 heteroatoms. The zero-order chi connectivity index (χ0) is 16.6. The van der Waals surface area contributed by atoms with E-state index in [0.29, 0.717) is 6.04 Å². The first-order valence-corrected chi connectivity index (χ1v) is 8.92. The Morgan fingerprint density at radius 1 is 0.625 bits per heavy atom. The van der Waals surface area contributed by atoms with Gasteiger partial charge in [-0.2, -0.15) is 0 Å². The van der Waals surface area contributed by atoms with Gasteiger partial charge >= 0.3 is 0 Å². The molecule has 0 fully saturated rings. The minimum Gasteiger partial charge on any atom is -0.282 e. The highest BCUT2D eigenvalue weighted by Gasteiger charge is 2.44. The molecule has 0 aliphatic heterocycles. The van der Waals surface area contributed by atoms with Crippen LogP contribution in [0.3, 0.4) is 0 Å². The van der Waals surface area contributed by atoms with Gasteiger partial charge in [0.15, 0.2) is 0 Å². The molecule has 24 heavy (non-hydrogen) atoms. The monoisotopic (exact) mass is 314 g/mol. The first kappa shape index (κ1) is 15.2. The van der Waals surface area contributed by atoms with Crippen molar-refractivity contribution in [3.63, 3.8) is 0 Å². The van der Waals surface area contributed by atoms with Gasteiger partial charge in [0.1, 0.15) is 11.7 Å². The van der Waals surface area contributed by atoms with Crippen LogP contribution in [0.4, 0.5) is 5.69 Å². The highest BCUT2D eigenvalue weighted by molar-refractivity contribution is 5.79. The Labute approximate surface area is 144 Å². The molecule has 3 aromatic rings. The average molecular weight is 314 g/mol. The van der Waals surface area contributed by atoms with E-state index >= 15 is 0 Å². The fourth-order valence-electron chi connectivity index (χ4n) is 4.49. The van der Waals surface area contributed by atoms with E-state index in [1.165, 1.54) is 27.9 Å². The van der Waals surface area contributed by atoms with Gasteiger partial charge in [0.25, 0.3) is 0 Å². The number of benzene rings is 3. The topological polar surface area (TPSA) is 0 Å². The normalized spacial score (nSPS) is 13.6. The summed E-state index contributed by atoms with van der Waals surface area (Å²) >= 11 is 0. The zero-order valence-corrected chi connectivity index (χ0v) is 14.4. The number of quaternary nitrogens is 1. The maximum atomic E-state index is 2.32. The van der Waals surface area contributed by atoms with Crippen LogP contribution in [-0.4, -0.2) is 13.1 Å². The fourth-order valence-corrected chi connectivity index (χ4v) is 4.49. The predicted molar refractivity (Wildman–Crippen MR) is 103 cm³/mol. The van der Waals surface area contributed by atoms with E-state index in [1.807, 2.05) is 0 Å². The van der Waals surface area contributed by atoms with E-state index in [-0.39, 0.29) is 0 Å². The van der Waals surface area contributed by atoms with Gasteiger partial charge in [-0.15, -0.1) is 0 Å². The van der Waals surface area contributed by atoms with Crippen LogP contribution in [0.1, 0.15) is 31.0 Å². The Bertz CT molecular complexity index is 801. The van der Waals surface area contributed by atoms with Gasteiger partial charge in [-0.25, -0.2) is 0 Å². The van der Waals surface area contributed by atoms with Crippen molar-refractivity contribution in [1.29, 1.82) is 0 Å². The van der Waals surface area contributed by atoms with Crippen LogP contribution in [0.5, 0.6) is 0 Å². The minimum absolute atomic E-state index is 0.370. The van der Waals surface area contributed by atoms with Crippen LogP contribution in [0.25, 0.3) is 11.1 Å². The van der Waals surface area contributed by atoms with Crippen molar-refractivity contribution in [3.05, 3.63) is 90.0 Å².